The maximum atomic E-state index is 4.68. The van der Waals surface area contributed by atoms with Crippen LogP contribution in [-0.2, 0) is 5.41 Å². The monoisotopic (exact) mass is 316 g/mol. The van der Waals surface area contributed by atoms with Crippen LogP contribution in [0.1, 0.15) is 37.7 Å². The standard InChI is InChI=1S/C21H22N3/c1-15-9-5-7-11-18(15)24-16(2)23-14-13-22-20(23)21(3,4)17-10-6-8-12-19(17)24/h5-14H,1-4H3/q+1. The number of imidazole rings is 1. The third-order valence-electron chi connectivity index (χ3n) is 5.05. The second-order valence-corrected chi connectivity index (χ2v) is 6.93. The normalized spacial score (nSPS) is 15.7. The molecule has 0 bridgehead atoms. The van der Waals surface area contributed by atoms with Crippen LogP contribution in [0.3, 0.4) is 0 Å². The molecule has 1 aliphatic rings. The smallest absolute Gasteiger partial charge is 0.217 e. The SMILES string of the molecule is CC1=[N+](c2ccccc2C)c2ccccc2C(C)(C)c2nccn21. The molecule has 0 atom stereocenters. The lowest BCUT2D eigenvalue weighted by Gasteiger charge is -2.22. The largest absolute Gasteiger partial charge is 0.264 e. The summed E-state index contributed by atoms with van der Waals surface area (Å²) >= 11 is 0. The van der Waals surface area contributed by atoms with Gasteiger partial charge in [0.1, 0.15) is 17.6 Å². The zero-order valence-corrected chi connectivity index (χ0v) is 14.6. The summed E-state index contributed by atoms with van der Waals surface area (Å²) in [5.41, 5.74) is 4.81. The van der Waals surface area contributed by atoms with Crippen LogP contribution >= 0.6 is 0 Å². The second-order valence-electron chi connectivity index (χ2n) is 6.93. The van der Waals surface area contributed by atoms with Gasteiger partial charge in [-0.2, -0.15) is 9.14 Å². The summed E-state index contributed by atoms with van der Waals surface area (Å²) in [7, 11) is 0. The molecule has 2 aromatic carbocycles. The van der Waals surface area contributed by atoms with Gasteiger partial charge in [0.05, 0.1) is 11.6 Å². The van der Waals surface area contributed by atoms with Crippen molar-refractivity contribution in [2.75, 3.05) is 0 Å². The fraction of sp³-hybridized carbons (Fsp3) is 0.238. The quantitative estimate of drug-likeness (QED) is 0.599. The molecule has 0 radical (unpaired) electrons. The summed E-state index contributed by atoms with van der Waals surface area (Å²) in [5.74, 6) is 2.22. The highest BCUT2D eigenvalue weighted by Gasteiger charge is 2.40. The number of rotatable bonds is 1. The molecule has 120 valence electrons. The highest BCUT2D eigenvalue weighted by Crippen LogP contribution is 2.40. The van der Waals surface area contributed by atoms with Gasteiger partial charge in [-0.05, 0) is 38.5 Å². The zero-order valence-electron chi connectivity index (χ0n) is 14.6. The van der Waals surface area contributed by atoms with Gasteiger partial charge in [-0.25, -0.2) is 4.98 Å². The average molecular weight is 316 g/mol. The second kappa shape index (κ2) is 5.17. The van der Waals surface area contributed by atoms with Gasteiger partial charge in [0.2, 0.25) is 5.82 Å². The zero-order chi connectivity index (χ0) is 16.9. The van der Waals surface area contributed by atoms with Gasteiger partial charge in [-0.15, -0.1) is 0 Å². The molecule has 0 amide bonds. The Labute approximate surface area is 142 Å². The van der Waals surface area contributed by atoms with Crippen molar-refractivity contribution in [3.8, 4) is 0 Å². The third kappa shape index (κ3) is 1.97. The Kier molecular flexibility index (Phi) is 3.20. The summed E-state index contributed by atoms with van der Waals surface area (Å²) in [6.45, 7) is 8.82. The molecule has 2 heterocycles. The molecule has 0 aliphatic carbocycles. The van der Waals surface area contributed by atoms with Crippen molar-refractivity contribution in [1.82, 2.24) is 14.1 Å². The molecule has 0 fully saturated rings. The van der Waals surface area contributed by atoms with Crippen molar-refractivity contribution in [2.45, 2.75) is 33.1 Å². The Hall–Kier alpha value is -2.68. The van der Waals surface area contributed by atoms with Crippen LogP contribution in [0.5, 0.6) is 0 Å². The van der Waals surface area contributed by atoms with E-state index in [0.717, 1.165) is 11.7 Å². The van der Waals surface area contributed by atoms with E-state index in [1.165, 1.54) is 22.5 Å². The number of para-hydroxylation sites is 2. The molecule has 1 aliphatic heterocycles. The van der Waals surface area contributed by atoms with Crippen molar-refractivity contribution < 1.29 is 0 Å². The van der Waals surface area contributed by atoms with Crippen molar-refractivity contribution in [3.63, 3.8) is 0 Å². The van der Waals surface area contributed by atoms with E-state index in [2.05, 4.69) is 96.5 Å². The highest BCUT2D eigenvalue weighted by atomic mass is 15.2. The van der Waals surface area contributed by atoms with Crippen LogP contribution in [0, 0.1) is 6.92 Å². The molecule has 4 rings (SSSR count). The minimum atomic E-state index is -0.168. The molecule has 24 heavy (non-hydrogen) atoms. The molecule has 0 N–H and O–H groups in total. The fourth-order valence-electron chi connectivity index (χ4n) is 3.75. The third-order valence-corrected chi connectivity index (χ3v) is 5.05. The molecule has 0 spiro atoms. The first-order chi connectivity index (χ1) is 11.5. The first-order valence-corrected chi connectivity index (χ1v) is 8.35. The summed E-state index contributed by atoms with van der Waals surface area (Å²) in [4.78, 5) is 4.68. The van der Waals surface area contributed by atoms with Crippen LogP contribution < -0.4 is 4.58 Å². The fourth-order valence-corrected chi connectivity index (χ4v) is 3.75. The number of benzene rings is 2. The number of aryl methyl sites for hydroxylation is 1. The van der Waals surface area contributed by atoms with Gasteiger partial charge >= 0.3 is 0 Å². The van der Waals surface area contributed by atoms with Crippen LogP contribution in [0.2, 0.25) is 0 Å². The van der Waals surface area contributed by atoms with Gasteiger partial charge in [0.25, 0.3) is 5.84 Å². The first kappa shape index (κ1) is 14.9. The number of fused-ring (bicyclic) bond motifs is 2. The molecule has 0 saturated heterocycles. The molecule has 1 aromatic heterocycles. The van der Waals surface area contributed by atoms with E-state index in [1.807, 2.05) is 6.20 Å². The van der Waals surface area contributed by atoms with Gasteiger partial charge in [0.15, 0.2) is 0 Å². The lowest BCUT2D eigenvalue weighted by Crippen LogP contribution is -2.25. The van der Waals surface area contributed by atoms with Gasteiger partial charge in [0, 0.05) is 12.5 Å². The molecule has 3 nitrogen and oxygen atoms in total. The first-order valence-electron chi connectivity index (χ1n) is 8.35. The van der Waals surface area contributed by atoms with Crippen LogP contribution in [0.15, 0.2) is 60.9 Å². The summed E-state index contributed by atoms with van der Waals surface area (Å²) < 4.78 is 4.57. The molecule has 0 saturated carbocycles. The molecule has 3 heteroatoms. The lowest BCUT2D eigenvalue weighted by atomic mass is 9.82. The van der Waals surface area contributed by atoms with Crippen molar-refractivity contribution in [1.29, 1.82) is 0 Å². The van der Waals surface area contributed by atoms with E-state index in [4.69, 9.17) is 0 Å². The van der Waals surface area contributed by atoms with Crippen LogP contribution in [0.25, 0.3) is 0 Å². The summed E-state index contributed by atoms with van der Waals surface area (Å²) in [6.07, 6.45) is 3.95. The van der Waals surface area contributed by atoms with Gasteiger partial charge < -0.3 is 0 Å². The minimum absolute atomic E-state index is 0.168. The molecular formula is C21H22N3+. The van der Waals surface area contributed by atoms with Crippen LogP contribution in [0.4, 0.5) is 11.4 Å². The molecule has 3 aromatic rings. The van der Waals surface area contributed by atoms with E-state index in [0.29, 0.717) is 0 Å². The van der Waals surface area contributed by atoms with Gasteiger partial charge in [-0.3, -0.25) is 0 Å². The predicted molar refractivity (Wildman–Crippen MR) is 99.5 cm³/mol. The molecule has 0 unspecified atom stereocenters. The van der Waals surface area contributed by atoms with Crippen molar-refractivity contribution in [2.24, 2.45) is 0 Å². The Bertz CT molecular complexity index is 960. The van der Waals surface area contributed by atoms with E-state index in [-0.39, 0.29) is 5.41 Å². The maximum absolute atomic E-state index is 4.68. The Morgan fingerprint density at radius 2 is 1.58 bits per heavy atom. The van der Waals surface area contributed by atoms with E-state index in [9.17, 15) is 0 Å². The van der Waals surface area contributed by atoms with Crippen LogP contribution in [-0.4, -0.2) is 15.4 Å². The minimum Gasteiger partial charge on any atom is -0.217 e. The number of nitrogens with zero attached hydrogens (tertiary/aromatic N) is 3. The Morgan fingerprint density at radius 1 is 0.917 bits per heavy atom. The number of hydrogen-bond donors (Lipinski definition) is 0. The van der Waals surface area contributed by atoms with Gasteiger partial charge in [-0.1, -0.05) is 36.4 Å². The van der Waals surface area contributed by atoms with Crippen molar-refractivity contribution >= 4 is 17.2 Å². The lowest BCUT2D eigenvalue weighted by molar-refractivity contribution is 0.590. The molecular weight excluding hydrogens is 294 g/mol. The van der Waals surface area contributed by atoms with E-state index < -0.39 is 0 Å². The topological polar surface area (TPSA) is 20.8 Å². The summed E-state index contributed by atoms with van der Waals surface area (Å²) in [6, 6.07) is 17.2. The van der Waals surface area contributed by atoms with Crippen molar-refractivity contribution in [3.05, 3.63) is 77.9 Å². The summed E-state index contributed by atoms with van der Waals surface area (Å²) in [5, 5.41) is 0. The highest BCUT2D eigenvalue weighted by molar-refractivity contribution is 5.91. The predicted octanol–water partition coefficient (Wildman–Crippen LogP) is 4.63. The van der Waals surface area contributed by atoms with E-state index >= 15 is 0 Å². The average Bonchev–Trinajstić information content (AvgIpc) is 3.05. The van der Waals surface area contributed by atoms with E-state index in [1.54, 1.807) is 0 Å². The Balaban J connectivity index is 2.16. The Morgan fingerprint density at radius 3 is 2.33 bits per heavy atom. The maximum Gasteiger partial charge on any atom is 0.264 e. The number of hydrogen-bond acceptors (Lipinski definition) is 1. The number of aromatic nitrogens is 2.